The fraction of sp³-hybridized carbons (Fsp3) is 0.0769. The van der Waals surface area contributed by atoms with Crippen LogP contribution in [-0.4, -0.2) is 5.11 Å². The maximum absolute atomic E-state index is 9.07. The van der Waals surface area contributed by atoms with E-state index in [1.165, 1.54) is 0 Å². The van der Waals surface area contributed by atoms with Crippen LogP contribution >= 0.6 is 46.4 Å². The first-order valence-electron chi connectivity index (χ1n) is 5.07. The van der Waals surface area contributed by atoms with E-state index in [9.17, 15) is 0 Å². The Bertz CT molecular complexity index is 596. The first kappa shape index (κ1) is 14.0. The number of benzene rings is 2. The van der Waals surface area contributed by atoms with Crippen LogP contribution in [0.25, 0.3) is 11.1 Å². The van der Waals surface area contributed by atoms with Gasteiger partial charge in [-0.05, 0) is 29.3 Å². The Morgan fingerprint density at radius 1 is 0.889 bits per heavy atom. The molecule has 94 valence electrons. The maximum atomic E-state index is 9.07. The van der Waals surface area contributed by atoms with Crippen LogP contribution in [0.2, 0.25) is 20.1 Å². The highest BCUT2D eigenvalue weighted by molar-refractivity contribution is 6.45. The zero-order valence-corrected chi connectivity index (χ0v) is 12.1. The van der Waals surface area contributed by atoms with E-state index < -0.39 is 0 Å². The van der Waals surface area contributed by atoms with Crippen LogP contribution in [0.1, 0.15) is 5.56 Å². The highest BCUT2D eigenvalue weighted by Gasteiger charge is 2.10. The summed E-state index contributed by atoms with van der Waals surface area (Å²) in [6.07, 6.45) is 0. The summed E-state index contributed by atoms with van der Waals surface area (Å²) in [5, 5.41) is 10.9. The Labute approximate surface area is 125 Å². The third-order valence-electron chi connectivity index (χ3n) is 2.53. The van der Waals surface area contributed by atoms with Crippen molar-refractivity contribution in [1.29, 1.82) is 0 Å². The summed E-state index contributed by atoms with van der Waals surface area (Å²) in [5.41, 5.74) is 2.16. The predicted molar refractivity (Wildman–Crippen MR) is 77.8 cm³/mol. The van der Waals surface area contributed by atoms with Gasteiger partial charge in [0.05, 0.1) is 16.7 Å². The Morgan fingerprint density at radius 2 is 1.61 bits per heavy atom. The van der Waals surface area contributed by atoms with Gasteiger partial charge in [-0.15, -0.1) is 0 Å². The van der Waals surface area contributed by atoms with Crippen LogP contribution in [-0.2, 0) is 6.61 Å². The summed E-state index contributed by atoms with van der Waals surface area (Å²) < 4.78 is 0. The SMILES string of the molecule is OCc1ccc(-c2cc(Cl)cc(Cl)c2Cl)cc1Cl. The van der Waals surface area contributed by atoms with E-state index in [1.807, 2.05) is 6.07 Å². The van der Waals surface area contributed by atoms with E-state index in [4.69, 9.17) is 51.5 Å². The van der Waals surface area contributed by atoms with Crippen molar-refractivity contribution in [3.63, 3.8) is 0 Å². The van der Waals surface area contributed by atoms with Gasteiger partial charge in [-0.25, -0.2) is 0 Å². The van der Waals surface area contributed by atoms with E-state index in [0.29, 0.717) is 31.2 Å². The molecule has 0 amide bonds. The third kappa shape index (κ3) is 2.76. The monoisotopic (exact) mass is 320 g/mol. The number of aliphatic hydroxyl groups is 1. The van der Waals surface area contributed by atoms with Crippen molar-refractivity contribution >= 4 is 46.4 Å². The van der Waals surface area contributed by atoms with Gasteiger partial charge in [-0.2, -0.15) is 0 Å². The fourth-order valence-corrected chi connectivity index (χ4v) is 2.56. The highest BCUT2D eigenvalue weighted by Crippen LogP contribution is 2.37. The van der Waals surface area contributed by atoms with Gasteiger partial charge < -0.3 is 5.11 Å². The molecule has 0 aliphatic heterocycles. The number of hydrogen-bond acceptors (Lipinski definition) is 1. The van der Waals surface area contributed by atoms with Crippen molar-refractivity contribution in [2.45, 2.75) is 6.61 Å². The van der Waals surface area contributed by atoms with Crippen molar-refractivity contribution in [3.05, 3.63) is 56.0 Å². The van der Waals surface area contributed by atoms with E-state index in [1.54, 1.807) is 24.3 Å². The van der Waals surface area contributed by atoms with Gasteiger partial charge in [0.1, 0.15) is 0 Å². The molecule has 5 heteroatoms. The lowest BCUT2D eigenvalue weighted by atomic mass is 10.0. The molecule has 0 aromatic heterocycles. The van der Waals surface area contributed by atoms with Crippen LogP contribution in [0.4, 0.5) is 0 Å². The van der Waals surface area contributed by atoms with Crippen LogP contribution in [0.5, 0.6) is 0 Å². The second-order valence-electron chi connectivity index (χ2n) is 3.71. The lowest BCUT2D eigenvalue weighted by molar-refractivity contribution is 0.282. The van der Waals surface area contributed by atoms with Gasteiger partial charge >= 0.3 is 0 Å². The van der Waals surface area contributed by atoms with Crippen molar-refractivity contribution < 1.29 is 5.11 Å². The topological polar surface area (TPSA) is 20.2 Å². The molecule has 0 unspecified atom stereocenters. The smallest absolute Gasteiger partial charge is 0.0696 e. The lowest BCUT2D eigenvalue weighted by Crippen LogP contribution is -1.87. The Morgan fingerprint density at radius 3 is 2.22 bits per heavy atom. The van der Waals surface area contributed by atoms with Crippen LogP contribution in [0.3, 0.4) is 0 Å². The molecule has 1 N–H and O–H groups in total. The molecule has 2 aromatic rings. The molecule has 0 bridgehead atoms. The van der Waals surface area contributed by atoms with Crippen molar-refractivity contribution in [1.82, 2.24) is 0 Å². The highest BCUT2D eigenvalue weighted by atomic mass is 35.5. The lowest BCUT2D eigenvalue weighted by Gasteiger charge is -2.09. The van der Waals surface area contributed by atoms with E-state index in [0.717, 1.165) is 5.56 Å². The largest absolute Gasteiger partial charge is 0.392 e. The molecule has 2 aromatic carbocycles. The van der Waals surface area contributed by atoms with E-state index in [-0.39, 0.29) is 6.61 Å². The minimum Gasteiger partial charge on any atom is -0.392 e. The molecule has 1 nitrogen and oxygen atoms in total. The average Bonchev–Trinajstić information content (AvgIpc) is 2.33. The molecule has 0 saturated heterocycles. The van der Waals surface area contributed by atoms with Crippen LogP contribution < -0.4 is 0 Å². The van der Waals surface area contributed by atoms with E-state index >= 15 is 0 Å². The van der Waals surface area contributed by atoms with Crippen molar-refractivity contribution in [2.24, 2.45) is 0 Å². The normalized spacial score (nSPS) is 10.7. The number of rotatable bonds is 2. The number of hydrogen-bond donors (Lipinski definition) is 1. The molecular formula is C13H8Cl4O. The second-order valence-corrected chi connectivity index (χ2v) is 5.34. The summed E-state index contributed by atoms with van der Waals surface area (Å²) in [6.45, 7) is -0.108. The van der Waals surface area contributed by atoms with Crippen molar-refractivity contribution in [3.8, 4) is 11.1 Å². The number of halogens is 4. The molecule has 0 fully saturated rings. The maximum Gasteiger partial charge on any atom is 0.0696 e. The quantitative estimate of drug-likeness (QED) is 0.728. The molecule has 0 heterocycles. The van der Waals surface area contributed by atoms with Gasteiger partial charge in [0.15, 0.2) is 0 Å². The second kappa shape index (κ2) is 5.68. The molecule has 18 heavy (non-hydrogen) atoms. The zero-order valence-electron chi connectivity index (χ0n) is 9.05. The molecule has 0 atom stereocenters. The molecule has 0 aliphatic carbocycles. The first-order valence-corrected chi connectivity index (χ1v) is 6.58. The first-order chi connectivity index (χ1) is 8.52. The minimum atomic E-state index is -0.108. The Hall–Kier alpha value is -0.440. The van der Waals surface area contributed by atoms with Gasteiger partial charge in [-0.3, -0.25) is 0 Å². The summed E-state index contributed by atoms with van der Waals surface area (Å²) in [4.78, 5) is 0. The van der Waals surface area contributed by atoms with Crippen molar-refractivity contribution in [2.75, 3.05) is 0 Å². The fourth-order valence-electron chi connectivity index (χ4n) is 1.61. The average molecular weight is 322 g/mol. The summed E-state index contributed by atoms with van der Waals surface area (Å²) >= 11 is 24.1. The number of aliphatic hydroxyl groups excluding tert-OH is 1. The summed E-state index contributed by atoms with van der Waals surface area (Å²) in [6, 6.07) is 8.58. The van der Waals surface area contributed by atoms with Crippen LogP contribution in [0.15, 0.2) is 30.3 Å². The van der Waals surface area contributed by atoms with Gasteiger partial charge in [0, 0.05) is 15.6 Å². The van der Waals surface area contributed by atoms with Gasteiger partial charge in [0.25, 0.3) is 0 Å². The molecule has 0 aliphatic rings. The molecule has 0 saturated carbocycles. The standard InChI is InChI=1S/C13H8Cl4O/c14-9-4-10(13(17)12(16)5-9)7-1-2-8(6-18)11(15)3-7/h1-5,18H,6H2. The predicted octanol–water partition coefficient (Wildman–Crippen LogP) is 5.46. The van der Waals surface area contributed by atoms with Crippen LogP contribution in [0, 0.1) is 0 Å². The zero-order chi connectivity index (χ0) is 13.3. The summed E-state index contributed by atoms with van der Waals surface area (Å²) in [5.74, 6) is 0. The Kier molecular flexibility index (Phi) is 4.41. The molecule has 0 spiro atoms. The summed E-state index contributed by atoms with van der Waals surface area (Å²) in [7, 11) is 0. The molecule has 2 rings (SSSR count). The molecular weight excluding hydrogens is 314 g/mol. The third-order valence-corrected chi connectivity index (χ3v) is 3.90. The van der Waals surface area contributed by atoms with Gasteiger partial charge in [0.2, 0.25) is 0 Å². The van der Waals surface area contributed by atoms with E-state index in [2.05, 4.69) is 0 Å². The Balaban J connectivity index is 2.58. The van der Waals surface area contributed by atoms with Gasteiger partial charge in [-0.1, -0.05) is 58.5 Å². The molecule has 0 radical (unpaired) electrons. The minimum absolute atomic E-state index is 0.108.